The Labute approximate surface area is 77.2 Å². The van der Waals surface area contributed by atoms with Crippen LogP contribution in [0, 0.1) is 0 Å². The molecule has 1 aromatic carbocycles. The van der Waals surface area contributed by atoms with Gasteiger partial charge in [-0.1, -0.05) is 18.2 Å². The molecule has 0 aromatic heterocycles. The lowest BCUT2D eigenvalue weighted by Gasteiger charge is -2.15. The van der Waals surface area contributed by atoms with Crippen LogP contribution in [0.2, 0.25) is 5.02 Å². The predicted octanol–water partition coefficient (Wildman–Crippen LogP) is 2.50. The molecule has 12 heavy (non-hydrogen) atoms. The summed E-state index contributed by atoms with van der Waals surface area (Å²) < 4.78 is 0. The van der Waals surface area contributed by atoms with Gasteiger partial charge in [0.15, 0.2) is 0 Å². The minimum absolute atomic E-state index is 0.674. The lowest BCUT2D eigenvalue weighted by molar-refractivity contribution is 1.21. The Morgan fingerprint density at radius 3 is 2.83 bits per heavy atom. The molecule has 0 heterocycles. The van der Waals surface area contributed by atoms with Crippen LogP contribution in [0.1, 0.15) is 0 Å². The van der Waals surface area contributed by atoms with E-state index < -0.39 is 0 Å². The maximum atomic E-state index is 5.80. The minimum atomic E-state index is 0.674. The quantitative estimate of drug-likeness (QED) is 0.713. The molecule has 0 fully saturated rings. The first-order chi connectivity index (χ1) is 5.65. The number of hydrogen-bond acceptors (Lipinski definition) is 2. The lowest BCUT2D eigenvalue weighted by atomic mass is 10.2. The highest BCUT2D eigenvalue weighted by atomic mass is 35.5. The van der Waals surface area contributed by atoms with Crippen molar-refractivity contribution in [2.75, 3.05) is 17.7 Å². The zero-order valence-electron chi connectivity index (χ0n) is 6.92. The monoisotopic (exact) mass is 182 g/mol. The second-order valence-electron chi connectivity index (χ2n) is 2.50. The smallest absolute Gasteiger partial charge is 0.0651 e. The van der Waals surface area contributed by atoms with Gasteiger partial charge in [0, 0.05) is 12.1 Å². The molecule has 3 heteroatoms. The third-order valence-corrected chi connectivity index (χ3v) is 1.88. The average molecular weight is 183 g/mol. The van der Waals surface area contributed by atoms with Crippen molar-refractivity contribution in [1.82, 2.24) is 0 Å². The van der Waals surface area contributed by atoms with E-state index in [-0.39, 0.29) is 0 Å². The van der Waals surface area contributed by atoms with Crippen LogP contribution >= 0.6 is 11.6 Å². The number of halogens is 1. The van der Waals surface area contributed by atoms with Gasteiger partial charge in [-0.25, -0.2) is 0 Å². The number of nitrogen functional groups attached to an aromatic ring is 1. The van der Waals surface area contributed by atoms with Gasteiger partial charge in [0.05, 0.1) is 11.4 Å². The van der Waals surface area contributed by atoms with Crippen molar-refractivity contribution >= 4 is 23.0 Å². The number of anilines is 2. The van der Waals surface area contributed by atoms with Crippen LogP contribution in [-0.2, 0) is 0 Å². The van der Waals surface area contributed by atoms with Crippen LogP contribution in [0.15, 0.2) is 31.0 Å². The Morgan fingerprint density at radius 2 is 2.25 bits per heavy atom. The van der Waals surface area contributed by atoms with E-state index in [0.29, 0.717) is 10.7 Å². The third-order valence-electron chi connectivity index (χ3n) is 1.65. The van der Waals surface area contributed by atoms with Crippen molar-refractivity contribution in [1.29, 1.82) is 0 Å². The van der Waals surface area contributed by atoms with Gasteiger partial charge in [0.25, 0.3) is 0 Å². The number of rotatable bonds is 2. The first-order valence-electron chi connectivity index (χ1n) is 3.55. The van der Waals surface area contributed by atoms with Crippen LogP contribution < -0.4 is 10.6 Å². The van der Waals surface area contributed by atoms with Gasteiger partial charge in [0.1, 0.15) is 0 Å². The predicted molar refractivity (Wildman–Crippen MR) is 54.5 cm³/mol. The molecule has 0 spiro atoms. The second kappa shape index (κ2) is 3.50. The summed E-state index contributed by atoms with van der Waals surface area (Å²) in [5.41, 5.74) is 7.29. The SMILES string of the molecule is C=CN(C)c1cc(Cl)ccc1N. The molecule has 2 N–H and O–H groups in total. The van der Waals surface area contributed by atoms with Gasteiger partial charge < -0.3 is 10.6 Å². The molecule has 64 valence electrons. The van der Waals surface area contributed by atoms with Gasteiger partial charge >= 0.3 is 0 Å². The topological polar surface area (TPSA) is 29.3 Å². The Balaban J connectivity index is 3.12. The molecule has 0 saturated carbocycles. The van der Waals surface area contributed by atoms with E-state index in [1.54, 1.807) is 24.4 Å². The fourth-order valence-corrected chi connectivity index (χ4v) is 1.09. The number of hydrogen-bond donors (Lipinski definition) is 1. The van der Waals surface area contributed by atoms with Crippen LogP contribution in [0.25, 0.3) is 0 Å². The first-order valence-corrected chi connectivity index (χ1v) is 3.93. The molecule has 0 amide bonds. The summed E-state index contributed by atoms with van der Waals surface area (Å²) in [5.74, 6) is 0. The summed E-state index contributed by atoms with van der Waals surface area (Å²) in [7, 11) is 1.87. The molecule has 0 saturated heterocycles. The van der Waals surface area contributed by atoms with Crippen LogP contribution in [0.5, 0.6) is 0 Å². The molecule has 0 bridgehead atoms. The fraction of sp³-hybridized carbons (Fsp3) is 0.111. The summed E-state index contributed by atoms with van der Waals surface area (Å²) in [6.07, 6.45) is 1.68. The number of nitrogens with two attached hydrogens (primary N) is 1. The van der Waals surface area contributed by atoms with Crippen LogP contribution in [-0.4, -0.2) is 7.05 Å². The van der Waals surface area contributed by atoms with E-state index in [9.17, 15) is 0 Å². The molecule has 1 aromatic rings. The summed E-state index contributed by atoms with van der Waals surface area (Å²) >= 11 is 5.80. The second-order valence-corrected chi connectivity index (χ2v) is 2.93. The molecule has 0 radical (unpaired) electrons. The van der Waals surface area contributed by atoms with Crippen molar-refractivity contribution in [3.05, 3.63) is 36.0 Å². The Kier molecular flexibility index (Phi) is 2.61. The highest BCUT2D eigenvalue weighted by molar-refractivity contribution is 6.31. The van der Waals surface area contributed by atoms with Crippen molar-refractivity contribution in [3.8, 4) is 0 Å². The zero-order chi connectivity index (χ0) is 9.14. The summed E-state index contributed by atoms with van der Waals surface area (Å²) in [4.78, 5) is 1.82. The molecule has 0 aliphatic rings. The Bertz CT molecular complexity index is 297. The van der Waals surface area contributed by atoms with Gasteiger partial charge in [-0.2, -0.15) is 0 Å². The van der Waals surface area contributed by atoms with E-state index in [0.717, 1.165) is 5.69 Å². The van der Waals surface area contributed by atoms with Crippen molar-refractivity contribution in [2.24, 2.45) is 0 Å². The zero-order valence-corrected chi connectivity index (χ0v) is 7.67. The molecular formula is C9H11ClN2. The van der Waals surface area contributed by atoms with E-state index >= 15 is 0 Å². The first kappa shape index (κ1) is 8.94. The molecule has 0 atom stereocenters. The summed E-state index contributed by atoms with van der Waals surface area (Å²) in [6, 6.07) is 5.34. The average Bonchev–Trinajstić information content (AvgIpc) is 2.08. The number of benzene rings is 1. The van der Waals surface area contributed by atoms with Gasteiger partial charge in [-0.15, -0.1) is 0 Å². The number of nitrogens with zero attached hydrogens (tertiary/aromatic N) is 1. The van der Waals surface area contributed by atoms with Gasteiger partial charge in [-0.05, 0) is 24.4 Å². The third kappa shape index (κ3) is 1.71. The van der Waals surface area contributed by atoms with E-state index in [2.05, 4.69) is 6.58 Å². The molecule has 0 aliphatic carbocycles. The van der Waals surface area contributed by atoms with Crippen molar-refractivity contribution < 1.29 is 0 Å². The fourth-order valence-electron chi connectivity index (χ4n) is 0.921. The van der Waals surface area contributed by atoms with Crippen LogP contribution in [0.3, 0.4) is 0 Å². The van der Waals surface area contributed by atoms with Crippen molar-refractivity contribution in [2.45, 2.75) is 0 Å². The molecule has 1 rings (SSSR count). The van der Waals surface area contributed by atoms with Gasteiger partial charge in [-0.3, -0.25) is 0 Å². The Hall–Kier alpha value is -1.15. The summed E-state index contributed by atoms with van der Waals surface area (Å²) in [6.45, 7) is 3.64. The molecule has 0 unspecified atom stereocenters. The maximum absolute atomic E-state index is 5.80. The van der Waals surface area contributed by atoms with Crippen molar-refractivity contribution in [3.63, 3.8) is 0 Å². The molecule has 2 nitrogen and oxygen atoms in total. The highest BCUT2D eigenvalue weighted by Crippen LogP contribution is 2.25. The van der Waals surface area contributed by atoms with E-state index in [1.807, 2.05) is 11.9 Å². The van der Waals surface area contributed by atoms with Gasteiger partial charge in [0.2, 0.25) is 0 Å². The minimum Gasteiger partial charge on any atom is -0.397 e. The Morgan fingerprint density at radius 1 is 1.58 bits per heavy atom. The normalized spacial score (nSPS) is 9.50. The standard InChI is InChI=1S/C9H11ClN2/c1-3-12(2)9-6-7(10)4-5-8(9)11/h3-6H,1,11H2,2H3. The van der Waals surface area contributed by atoms with Crippen LogP contribution in [0.4, 0.5) is 11.4 Å². The maximum Gasteiger partial charge on any atom is 0.0651 e. The largest absolute Gasteiger partial charge is 0.397 e. The highest BCUT2D eigenvalue weighted by Gasteiger charge is 2.01. The molecule has 0 aliphatic heterocycles. The molecular weight excluding hydrogens is 172 g/mol. The lowest BCUT2D eigenvalue weighted by Crippen LogP contribution is -2.09. The van der Waals surface area contributed by atoms with E-state index in [1.165, 1.54) is 0 Å². The van der Waals surface area contributed by atoms with E-state index in [4.69, 9.17) is 17.3 Å². The summed E-state index contributed by atoms with van der Waals surface area (Å²) in [5, 5.41) is 0.674.